The molecule has 0 radical (unpaired) electrons. The third-order valence-corrected chi connectivity index (χ3v) is 5.75. The number of hydrogen-bond acceptors (Lipinski definition) is 6. The van der Waals surface area contributed by atoms with Crippen molar-refractivity contribution in [2.75, 3.05) is 26.0 Å². The fraction of sp³-hybridized carbons (Fsp3) is 0.250. The number of carbonyl (C=O) groups is 2. The van der Waals surface area contributed by atoms with Gasteiger partial charge in [-0.2, -0.15) is 5.10 Å². The van der Waals surface area contributed by atoms with Gasteiger partial charge in [0.05, 0.1) is 36.3 Å². The Kier molecular flexibility index (Phi) is 6.29. The van der Waals surface area contributed by atoms with Crippen LogP contribution >= 0.6 is 0 Å². The average molecular weight is 478 g/mol. The Balaban J connectivity index is 1.78. The fourth-order valence-electron chi connectivity index (χ4n) is 4.18. The molecule has 1 fully saturated rings. The number of primary amides is 1. The Bertz CT molecular complexity index is 1440. The minimum Gasteiger partial charge on any atom is -0.503 e. The van der Waals surface area contributed by atoms with Gasteiger partial charge in [-0.05, 0) is 24.1 Å². The lowest BCUT2D eigenvalue weighted by Gasteiger charge is -2.16. The third kappa shape index (κ3) is 4.10. The Labute approximate surface area is 200 Å². The molecule has 11 heteroatoms. The van der Waals surface area contributed by atoms with Gasteiger partial charge in [0.15, 0.2) is 11.5 Å². The number of methoxy groups -OCH3 is 1. The van der Waals surface area contributed by atoms with Crippen LogP contribution in [0.2, 0.25) is 0 Å². The van der Waals surface area contributed by atoms with E-state index in [0.29, 0.717) is 29.0 Å². The maximum atomic E-state index is 15.0. The smallest absolute Gasteiger partial charge is 0.255 e. The molecule has 0 bridgehead atoms. The first-order valence-electron chi connectivity index (χ1n) is 10.7. The number of likely N-dealkylation sites (tertiary alicyclic amines) is 1. The molecule has 1 saturated heterocycles. The molecule has 0 aliphatic carbocycles. The van der Waals surface area contributed by atoms with E-state index in [1.54, 1.807) is 29.4 Å². The van der Waals surface area contributed by atoms with Gasteiger partial charge in [-0.3, -0.25) is 9.59 Å². The van der Waals surface area contributed by atoms with Gasteiger partial charge in [0, 0.05) is 27.1 Å². The van der Waals surface area contributed by atoms with E-state index in [-0.39, 0.29) is 35.3 Å². The van der Waals surface area contributed by atoms with Crippen LogP contribution in [-0.4, -0.2) is 56.7 Å². The monoisotopic (exact) mass is 477 g/mol. The van der Waals surface area contributed by atoms with Gasteiger partial charge in [0.25, 0.3) is 5.91 Å². The predicted molar refractivity (Wildman–Crippen MR) is 128 cm³/mol. The second-order valence-electron chi connectivity index (χ2n) is 7.89. The zero-order chi connectivity index (χ0) is 25.3. The van der Waals surface area contributed by atoms with E-state index in [1.807, 2.05) is 0 Å². The summed E-state index contributed by atoms with van der Waals surface area (Å²) in [5, 5.41) is 7.48. The standard InChI is InChI=1S/C24H24FN7O3/c1-5-19(33)31-11-15(10-16(31)12-35-4)32-24(27-2)20(23(26)34)17(29-32)8-6-14-7-9-18-22(21(14)25)30(3)13-28-18/h5,7,9,12-13,15,27H,1,10-11H2,2-4H3,(H2,26,34)/b16-12+/t15-/m0/s1. The molecule has 0 spiro atoms. The minimum atomic E-state index is -0.739. The lowest BCUT2D eigenvalue weighted by atomic mass is 10.1. The van der Waals surface area contributed by atoms with Crippen LogP contribution in [0.25, 0.3) is 11.0 Å². The lowest BCUT2D eigenvalue weighted by molar-refractivity contribution is -0.123. The van der Waals surface area contributed by atoms with Gasteiger partial charge in [-0.1, -0.05) is 12.5 Å². The number of amides is 2. The summed E-state index contributed by atoms with van der Waals surface area (Å²) in [6, 6.07) is 2.86. The molecule has 180 valence electrons. The van der Waals surface area contributed by atoms with Crippen LogP contribution in [0.3, 0.4) is 0 Å². The van der Waals surface area contributed by atoms with Crippen molar-refractivity contribution in [2.45, 2.75) is 12.5 Å². The number of anilines is 1. The number of aromatic nitrogens is 4. The van der Waals surface area contributed by atoms with E-state index in [1.165, 1.54) is 36.7 Å². The number of fused-ring (bicyclic) bond motifs is 1. The van der Waals surface area contributed by atoms with Crippen LogP contribution in [0.5, 0.6) is 0 Å². The Morgan fingerprint density at radius 3 is 2.80 bits per heavy atom. The molecule has 1 aliphatic heterocycles. The van der Waals surface area contributed by atoms with E-state index >= 15 is 4.39 Å². The summed E-state index contributed by atoms with van der Waals surface area (Å²) >= 11 is 0. The summed E-state index contributed by atoms with van der Waals surface area (Å²) in [6.45, 7) is 3.82. The molecule has 1 aliphatic rings. The van der Waals surface area contributed by atoms with E-state index in [0.717, 1.165) is 0 Å². The first kappa shape index (κ1) is 23.6. The van der Waals surface area contributed by atoms with Crippen LogP contribution in [-0.2, 0) is 16.6 Å². The lowest BCUT2D eigenvalue weighted by Crippen LogP contribution is -2.27. The van der Waals surface area contributed by atoms with Crippen LogP contribution in [0.1, 0.15) is 34.1 Å². The van der Waals surface area contributed by atoms with Crippen molar-refractivity contribution < 1.29 is 18.7 Å². The molecule has 0 saturated carbocycles. The number of ether oxygens (including phenoxy) is 1. The second kappa shape index (κ2) is 9.34. The van der Waals surface area contributed by atoms with E-state index in [9.17, 15) is 9.59 Å². The van der Waals surface area contributed by atoms with Crippen molar-refractivity contribution >= 4 is 28.7 Å². The van der Waals surface area contributed by atoms with E-state index < -0.39 is 11.7 Å². The maximum Gasteiger partial charge on any atom is 0.255 e. The summed E-state index contributed by atoms with van der Waals surface area (Å²) in [7, 11) is 4.81. The van der Waals surface area contributed by atoms with Gasteiger partial charge in [0.2, 0.25) is 5.91 Å². The number of nitrogens with zero attached hydrogens (tertiary/aromatic N) is 5. The summed E-state index contributed by atoms with van der Waals surface area (Å²) < 4.78 is 23.3. The number of halogens is 1. The van der Waals surface area contributed by atoms with Crippen molar-refractivity contribution in [2.24, 2.45) is 12.8 Å². The quantitative estimate of drug-likeness (QED) is 0.329. The molecule has 0 unspecified atom stereocenters. The molecular formula is C24H24FN7O3. The van der Waals surface area contributed by atoms with Crippen molar-refractivity contribution in [1.82, 2.24) is 24.2 Å². The summed E-state index contributed by atoms with van der Waals surface area (Å²) in [5.74, 6) is 4.37. The second-order valence-corrected chi connectivity index (χ2v) is 7.89. The first-order valence-corrected chi connectivity index (χ1v) is 10.7. The van der Waals surface area contributed by atoms with Crippen molar-refractivity contribution in [1.29, 1.82) is 0 Å². The van der Waals surface area contributed by atoms with Crippen LogP contribution in [0.4, 0.5) is 10.2 Å². The summed E-state index contributed by atoms with van der Waals surface area (Å²) in [4.78, 5) is 30.3. The largest absolute Gasteiger partial charge is 0.503 e. The molecule has 2 aromatic heterocycles. The normalized spacial score (nSPS) is 16.3. The van der Waals surface area contributed by atoms with Crippen molar-refractivity contribution in [3.05, 3.63) is 65.7 Å². The van der Waals surface area contributed by atoms with Gasteiger partial charge in [-0.25, -0.2) is 14.1 Å². The molecule has 1 aromatic carbocycles. The van der Waals surface area contributed by atoms with Crippen molar-refractivity contribution in [3.8, 4) is 11.8 Å². The zero-order valence-electron chi connectivity index (χ0n) is 19.5. The molecule has 10 nitrogen and oxygen atoms in total. The Morgan fingerprint density at radius 1 is 1.37 bits per heavy atom. The zero-order valence-corrected chi connectivity index (χ0v) is 19.5. The number of nitrogens with two attached hydrogens (primary N) is 1. The Hall–Kier alpha value is -4.59. The average Bonchev–Trinajstić information content (AvgIpc) is 3.53. The minimum absolute atomic E-state index is 0.0767. The van der Waals surface area contributed by atoms with Gasteiger partial charge < -0.3 is 25.3 Å². The molecule has 3 N–H and O–H groups in total. The van der Waals surface area contributed by atoms with Gasteiger partial charge >= 0.3 is 0 Å². The van der Waals surface area contributed by atoms with Gasteiger partial charge in [0.1, 0.15) is 23.2 Å². The number of rotatable bonds is 5. The molecule has 3 aromatic rings. The number of nitrogens with one attached hydrogen (secondary N) is 1. The number of aryl methyl sites for hydroxylation is 1. The molecular weight excluding hydrogens is 453 g/mol. The molecule has 4 rings (SSSR count). The fourth-order valence-corrected chi connectivity index (χ4v) is 4.18. The van der Waals surface area contributed by atoms with Crippen LogP contribution in [0.15, 0.2) is 43.1 Å². The molecule has 1 atom stereocenters. The molecule has 3 heterocycles. The highest BCUT2D eigenvalue weighted by atomic mass is 19.1. The number of hydrogen-bond donors (Lipinski definition) is 2. The van der Waals surface area contributed by atoms with Crippen LogP contribution < -0.4 is 11.1 Å². The third-order valence-electron chi connectivity index (χ3n) is 5.75. The summed E-state index contributed by atoms with van der Waals surface area (Å²) in [6.07, 6.45) is 4.62. The molecule has 2 amide bonds. The highest BCUT2D eigenvalue weighted by Gasteiger charge is 2.35. The number of imidazole rings is 1. The number of allylic oxidation sites excluding steroid dienone is 1. The topological polar surface area (TPSA) is 120 Å². The highest BCUT2D eigenvalue weighted by molar-refractivity contribution is 6.00. The van der Waals surface area contributed by atoms with Gasteiger partial charge in [-0.15, -0.1) is 0 Å². The summed E-state index contributed by atoms with van der Waals surface area (Å²) in [5.41, 5.74) is 7.43. The first-order chi connectivity index (χ1) is 16.8. The van der Waals surface area contributed by atoms with E-state index in [4.69, 9.17) is 10.5 Å². The number of benzene rings is 1. The maximum absolute atomic E-state index is 15.0. The predicted octanol–water partition coefficient (Wildman–Crippen LogP) is 1.90. The van der Waals surface area contributed by atoms with Crippen molar-refractivity contribution in [3.63, 3.8) is 0 Å². The van der Waals surface area contributed by atoms with E-state index in [2.05, 4.69) is 33.8 Å². The molecule has 35 heavy (non-hydrogen) atoms. The SMILES string of the molecule is C=CC(=O)N1C[C@@H](n2nc(C#Cc3ccc4ncn(C)c4c3F)c(C(N)=O)c2NC)C/C1=C\OC. The Morgan fingerprint density at radius 2 is 2.14 bits per heavy atom. The highest BCUT2D eigenvalue weighted by Crippen LogP contribution is 2.34. The number of carbonyl (C=O) groups excluding carboxylic acids is 2. The van der Waals surface area contributed by atoms with Crippen LogP contribution in [0, 0.1) is 17.7 Å².